The van der Waals surface area contributed by atoms with E-state index in [2.05, 4.69) is 75.5 Å². The molecule has 0 aliphatic carbocycles. The second-order valence-corrected chi connectivity index (χ2v) is 18.2. The van der Waals surface area contributed by atoms with E-state index in [1.807, 2.05) is 6.08 Å². The minimum absolute atomic E-state index is 0.104. The van der Waals surface area contributed by atoms with E-state index in [-0.39, 0.29) is 44.0 Å². The zero-order valence-electron chi connectivity index (χ0n) is 42.3. The monoisotopic (exact) mass is 895 g/mol. The lowest BCUT2D eigenvalue weighted by Crippen LogP contribution is -2.30. The fraction of sp³-hybridized carbons (Fsp3) is 0.776. The Morgan fingerprint density at radius 2 is 0.641 bits per heavy atom. The molecule has 64 heavy (non-hydrogen) atoms. The van der Waals surface area contributed by atoms with Gasteiger partial charge in [0.2, 0.25) is 0 Å². The average molecular weight is 895 g/mol. The molecular weight excluding hydrogens is 793 g/mol. The molecular formula is C58H102O6. The fourth-order valence-electron chi connectivity index (χ4n) is 7.60. The van der Waals surface area contributed by atoms with Crippen LogP contribution in [0.3, 0.4) is 0 Å². The van der Waals surface area contributed by atoms with Crippen molar-refractivity contribution in [3.63, 3.8) is 0 Å². The van der Waals surface area contributed by atoms with Gasteiger partial charge in [-0.2, -0.15) is 0 Å². The Morgan fingerprint density at radius 1 is 0.328 bits per heavy atom. The molecule has 0 aromatic carbocycles. The van der Waals surface area contributed by atoms with E-state index in [9.17, 15) is 14.4 Å². The topological polar surface area (TPSA) is 78.9 Å². The molecule has 0 N–H and O–H groups in total. The summed E-state index contributed by atoms with van der Waals surface area (Å²) >= 11 is 0. The second-order valence-electron chi connectivity index (χ2n) is 18.2. The lowest BCUT2D eigenvalue weighted by Gasteiger charge is -2.18. The smallest absolute Gasteiger partial charge is 0.306 e. The largest absolute Gasteiger partial charge is 0.462 e. The lowest BCUT2D eigenvalue weighted by atomic mass is 10.1. The van der Waals surface area contributed by atoms with Crippen LogP contribution in [0.5, 0.6) is 0 Å². The summed E-state index contributed by atoms with van der Waals surface area (Å²) in [7, 11) is 0. The van der Waals surface area contributed by atoms with Crippen molar-refractivity contribution in [1.82, 2.24) is 0 Å². The normalized spacial score (nSPS) is 12.5. The SMILES string of the molecule is CCCCCCCC/C=C\C/C=C\CCC(=O)OCC(COC(=O)CCCCCCCCC/C=C\CCCCCCCC)OC(=O)CCCCC/C=C\C=C/CCCCCCCCC. The van der Waals surface area contributed by atoms with E-state index in [1.165, 1.54) is 161 Å². The number of allylic oxidation sites excluding steroid dienone is 10. The van der Waals surface area contributed by atoms with Crippen molar-refractivity contribution in [1.29, 1.82) is 0 Å². The van der Waals surface area contributed by atoms with Crippen LogP contribution in [0.25, 0.3) is 0 Å². The van der Waals surface area contributed by atoms with Gasteiger partial charge in [0.1, 0.15) is 13.2 Å². The number of rotatable bonds is 49. The third kappa shape index (κ3) is 50.1. The fourth-order valence-corrected chi connectivity index (χ4v) is 7.60. The third-order valence-electron chi connectivity index (χ3n) is 11.8. The zero-order chi connectivity index (χ0) is 46.5. The van der Waals surface area contributed by atoms with E-state index in [1.54, 1.807) is 0 Å². The molecule has 0 aliphatic rings. The van der Waals surface area contributed by atoms with Crippen LogP contribution in [-0.4, -0.2) is 37.2 Å². The molecule has 0 spiro atoms. The van der Waals surface area contributed by atoms with Gasteiger partial charge in [0.05, 0.1) is 0 Å². The number of carbonyl (C=O) groups excluding carboxylic acids is 3. The maximum absolute atomic E-state index is 12.8. The summed E-state index contributed by atoms with van der Waals surface area (Å²) in [5.74, 6) is -0.999. The molecule has 0 heterocycles. The van der Waals surface area contributed by atoms with Gasteiger partial charge in [-0.05, 0) is 89.9 Å². The van der Waals surface area contributed by atoms with Crippen LogP contribution in [0.2, 0.25) is 0 Å². The van der Waals surface area contributed by atoms with Crippen molar-refractivity contribution >= 4 is 17.9 Å². The standard InChI is InChI=1S/C58H102O6/c1-4-7-10-13-16-19-22-25-27-29-31-33-36-39-42-45-48-51-57(60)63-54-55(53-62-56(59)50-47-44-41-38-35-32-24-21-18-15-12-9-6-3)64-58(61)52-49-46-43-40-37-34-30-28-26-23-20-17-14-11-8-5-2/h25,27-28,30,32,34-35,37,41,44,55H,4-24,26,29,31,33,36,38-40,42-43,45-54H2,1-3H3/b27-25-,30-28-,35-32-,37-34-,44-41-. The molecule has 0 rings (SSSR count). The summed E-state index contributed by atoms with van der Waals surface area (Å²) in [6.45, 7) is 6.55. The minimum Gasteiger partial charge on any atom is -0.462 e. The van der Waals surface area contributed by atoms with Crippen LogP contribution in [0, 0.1) is 0 Å². The molecule has 0 amide bonds. The predicted octanol–water partition coefficient (Wildman–Crippen LogP) is 18.0. The first-order valence-corrected chi connectivity index (χ1v) is 27.3. The molecule has 1 atom stereocenters. The quantitative estimate of drug-likeness (QED) is 0.0199. The number of hydrogen-bond acceptors (Lipinski definition) is 6. The van der Waals surface area contributed by atoms with Crippen molar-refractivity contribution in [3.05, 3.63) is 60.8 Å². The summed E-state index contributed by atoms with van der Waals surface area (Å²) in [4.78, 5) is 38.0. The number of ether oxygens (including phenoxy) is 3. The maximum Gasteiger partial charge on any atom is 0.306 e. The van der Waals surface area contributed by atoms with Crippen LogP contribution in [0.1, 0.15) is 271 Å². The molecule has 0 radical (unpaired) electrons. The molecule has 0 aromatic rings. The molecule has 0 saturated heterocycles. The Hall–Kier alpha value is -2.89. The highest BCUT2D eigenvalue weighted by Gasteiger charge is 2.19. The highest BCUT2D eigenvalue weighted by molar-refractivity contribution is 5.71. The van der Waals surface area contributed by atoms with E-state index in [0.29, 0.717) is 12.8 Å². The van der Waals surface area contributed by atoms with E-state index >= 15 is 0 Å². The van der Waals surface area contributed by atoms with Crippen LogP contribution in [0.4, 0.5) is 0 Å². The summed E-state index contributed by atoms with van der Waals surface area (Å²) in [5, 5.41) is 0. The van der Waals surface area contributed by atoms with Crippen molar-refractivity contribution in [2.45, 2.75) is 277 Å². The van der Waals surface area contributed by atoms with Gasteiger partial charge in [-0.15, -0.1) is 0 Å². The molecule has 0 aliphatic heterocycles. The average Bonchev–Trinajstić information content (AvgIpc) is 3.29. The molecule has 370 valence electrons. The Labute approximate surface area is 396 Å². The number of esters is 3. The van der Waals surface area contributed by atoms with Gasteiger partial charge in [-0.3, -0.25) is 14.4 Å². The van der Waals surface area contributed by atoms with Gasteiger partial charge in [0, 0.05) is 19.3 Å². The summed E-state index contributed by atoms with van der Waals surface area (Å²) < 4.78 is 16.7. The van der Waals surface area contributed by atoms with Gasteiger partial charge in [-0.1, -0.05) is 223 Å². The molecule has 0 fully saturated rings. The molecule has 0 saturated carbocycles. The van der Waals surface area contributed by atoms with Crippen LogP contribution >= 0.6 is 0 Å². The highest BCUT2D eigenvalue weighted by Crippen LogP contribution is 2.14. The van der Waals surface area contributed by atoms with Crippen LogP contribution < -0.4 is 0 Å². The van der Waals surface area contributed by atoms with E-state index < -0.39 is 6.10 Å². The molecule has 0 bridgehead atoms. The highest BCUT2D eigenvalue weighted by atomic mass is 16.6. The summed E-state index contributed by atoms with van der Waals surface area (Å²) in [6, 6.07) is 0. The number of unbranched alkanes of at least 4 members (excludes halogenated alkanes) is 29. The van der Waals surface area contributed by atoms with Gasteiger partial charge in [-0.25, -0.2) is 0 Å². The van der Waals surface area contributed by atoms with Crippen LogP contribution in [-0.2, 0) is 28.6 Å². The maximum atomic E-state index is 12.8. The van der Waals surface area contributed by atoms with E-state index in [0.717, 1.165) is 64.2 Å². The summed E-state index contributed by atoms with van der Waals surface area (Å²) in [6.07, 6.45) is 65.1. The first kappa shape index (κ1) is 61.1. The number of carbonyl (C=O) groups is 3. The van der Waals surface area contributed by atoms with Gasteiger partial charge < -0.3 is 14.2 Å². The Balaban J connectivity index is 4.46. The third-order valence-corrected chi connectivity index (χ3v) is 11.8. The lowest BCUT2D eigenvalue weighted by molar-refractivity contribution is -0.166. The van der Waals surface area contributed by atoms with Crippen molar-refractivity contribution in [2.24, 2.45) is 0 Å². The van der Waals surface area contributed by atoms with E-state index in [4.69, 9.17) is 14.2 Å². The molecule has 6 nitrogen and oxygen atoms in total. The Kier molecular flexibility index (Phi) is 50.4. The second kappa shape index (κ2) is 52.7. The molecule has 0 aromatic heterocycles. The Bertz CT molecular complexity index is 1170. The van der Waals surface area contributed by atoms with Gasteiger partial charge in [0.15, 0.2) is 6.10 Å². The molecule has 1 unspecified atom stereocenters. The van der Waals surface area contributed by atoms with Crippen molar-refractivity contribution in [3.8, 4) is 0 Å². The Morgan fingerprint density at radius 3 is 1.08 bits per heavy atom. The first-order chi connectivity index (χ1) is 31.5. The zero-order valence-corrected chi connectivity index (χ0v) is 42.3. The summed E-state index contributed by atoms with van der Waals surface area (Å²) in [5.41, 5.74) is 0. The van der Waals surface area contributed by atoms with Crippen molar-refractivity contribution in [2.75, 3.05) is 13.2 Å². The van der Waals surface area contributed by atoms with Crippen LogP contribution in [0.15, 0.2) is 60.8 Å². The predicted molar refractivity (Wildman–Crippen MR) is 275 cm³/mol. The van der Waals surface area contributed by atoms with Gasteiger partial charge >= 0.3 is 17.9 Å². The minimum atomic E-state index is -0.811. The number of hydrogen-bond donors (Lipinski definition) is 0. The van der Waals surface area contributed by atoms with Gasteiger partial charge in [0.25, 0.3) is 0 Å². The van der Waals surface area contributed by atoms with Crippen molar-refractivity contribution < 1.29 is 28.6 Å². The molecule has 6 heteroatoms. The first-order valence-electron chi connectivity index (χ1n) is 27.3.